The molecule has 1 aliphatic rings. The van der Waals surface area contributed by atoms with Crippen molar-refractivity contribution in [3.05, 3.63) is 45.5 Å². The average Bonchev–Trinajstić information content (AvgIpc) is 3.21. The lowest BCUT2D eigenvalue weighted by molar-refractivity contribution is 0.148. The summed E-state index contributed by atoms with van der Waals surface area (Å²) >= 11 is 0. The van der Waals surface area contributed by atoms with Crippen molar-refractivity contribution < 1.29 is 23.5 Å². The second-order valence-electron chi connectivity index (χ2n) is 7.27. The van der Waals surface area contributed by atoms with Crippen LogP contribution in [0.5, 0.6) is 5.88 Å². The summed E-state index contributed by atoms with van der Waals surface area (Å²) < 4.78 is 37.0. The molecule has 1 aromatic carbocycles. The molecule has 164 valence electrons. The van der Waals surface area contributed by atoms with E-state index >= 15 is 0 Å². The van der Waals surface area contributed by atoms with E-state index < -0.39 is 16.8 Å². The Labute approximate surface area is 176 Å². The highest BCUT2D eigenvalue weighted by Gasteiger charge is 2.26. The van der Waals surface area contributed by atoms with E-state index in [1.165, 1.54) is 10.6 Å². The minimum atomic E-state index is -1.58. The van der Waals surface area contributed by atoms with Crippen LogP contribution in [-0.2, 0) is 17.5 Å². The van der Waals surface area contributed by atoms with Crippen molar-refractivity contribution >= 4 is 28.0 Å². The number of hydrogen-bond acceptors (Lipinski definition) is 6. The van der Waals surface area contributed by atoms with Gasteiger partial charge in [0.1, 0.15) is 29.1 Å². The van der Waals surface area contributed by atoms with Crippen molar-refractivity contribution in [2.24, 2.45) is 5.92 Å². The van der Waals surface area contributed by atoms with E-state index in [0.717, 1.165) is 5.56 Å². The minimum absolute atomic E-state index is 0.168. The molecule has 1 aliphatic heterocycles. The molecule has 0 spiro atoms. The van der Waals surface area contributed by atoms with Crippen LogP contribution in [0.15, 0.2) is 23.0 Å². The molecule has 0 saturated carbocycles. The number of aliphatic hydroxyl groups is 2. The van der Waals surface area contributed by atoms with Crippen LogP contribution in [0.3, 0.4) is 0 Å². The number of nitrogens with one attached hydrogen (secondary N) is 2. The molecule has 1 unspecified atom stereocenters. The number of anilines is 3. The fraction of sp³-hybridized carbons (Fsp3) is 0.450. The molecule has 0 saturated heterocycles. The molecule has 3 rings (SSSR count). The molecule has 2 aromatic rings. The molecule has 0 amide bonds. The average molecular weight is 440 g/mol. The van der Waals surface area contributed by atoms with Gasteiger partial charge in [-0.2, -0.15) is 0 Å². The fourth-order valence-corrected chi connectivity index (χ4v) is 4.27. The largest absolute Gasteiger partial charge is 0.475 e. The van der Waals surface area contributed by atoms with Crippen LogP contribution in [0.1, 0.15) is 17.5 Å². The molecule has 0 bridgehead atoms. The molecule has 0 aliphatic carbocycles. The third-order valence-corrected chi connectivity index (χ3v) is 6.07. The maximum absolute atomic E-state index is 14.4. The van der Waals surface area contributed by atoms with Crippen molar-refractivity contribution in [1.29, 1.82) is 0 Å². The molecular formula is C20H26FN3O5S. The summed E-state index contributed by atoms with van der Waals surface area (Å²) in [5.41, 5.74) is 1.62. The van der Waals surface area contributed by atoms with Crippen LogP contribution < -0.4 is 20.3 Å². The molecule has 2 heterocycles. The zero-order valence-corrected chi connectivity index (χ0v) is 17.7. The molecule has 1 atom stereocenters. The van der Waals surface area contributed by atoms with Crippen molar-refractivity contribution in [3.8, 4) is 5.88 Å². The Morgan fingerprint density at radius 2 is 2.00 bits per heavy atom. The van der Waals surface area contributed by atoms with Gasteiger partial charge in [-0.3, -0.25) is 14.1 Å². The highest BCUT2D eigenvalue weighted by Crippen LogP contribution is 2.38. The second kappa shape index (κ2) is 9.59. The summed E-state index contributed by atoms with van der Waals surface area (Å²) in [6.07, 6.45) is 0.344. The second-order valence-corrected chi connectivity index (χ2v) is 8.57. The maximum Gasteiger partial charge on any atom is 0.258 e. The summed E-state index contributed by atoms with van der Waals surface area (Å²) in [7, 11) is -1.58. The summed E-state index contributed by atoms with van der Waals surface area (Å²) in [5, 5.41) is 21.3. The zero-order valence-electron chi connectivity index (χ0n) is 16.9. The Balaban J connectivity index is 1.96. The summed E-state index contributed by atoms with van der Waals surface area (Å²) in [4.78, 5) is 12.7. The molecule has 10 heteroatoms. The molecular weight excluding hydrogens is 413 g/mol. The van der Waals surface area contributed by atoms with Crippen LogP contribution in [0.4, 0.5) is 21.5 Å². The van der Waals surface area contributed by atoms with E-state index in [0.29, 0.717) is 36.5 Å². The van der Waals surface area contributed by atoms with E-state index in [9.17, 15) is 23.6 Å². The predicted octanol–water partition coefficient (Wildman–Crippen LogP) is 1.81. The van der Waals surface area contributed by atoms with Crippen molar-refractivity contribution in [2.45, 2.75) is 26.8 Å². The number of aliphatic hydroxyl groups excluding tert-OH is 2. The molecule has 4 N–H and O–H groups in total. The smallest absolute Gasteiger partial charge is 0.258 e. The first-order valence-electron chi connectivity index (χ1n) is 9.65. The zero-order chi connectivity index (χ0) is 21.8. The Morgan fingerprint density at radius 3 is 2.67 bits per heavy atom. The third-order valence-electron chi connectivity index (χ3n) is 5.03. The highest BCUT2D eigenvalue weighted by atomic mass is 32.2. The van der Waals surface area contributed by atoms with E-state index in [-0.39, 0.29) is 42.0 Å². The first-order chi connectivity index (χ1) is 14.3. The number of pyridine rings is 1. The number of nitrogens with zero attached hydrogens (tertiary/aromatic N) is 1. The lowest BCUT2D eigenvalue weighted by Crippen LogP contribution is -2.24. The maximum atomic E-state index is 14.4. The van der Waals surface area contributed by atoms with E-state index in [1.807, 2.05) is 0 Å². The Kier molecular flexibility index (Phi) is 7.11. The summed E-state index contributed by atoms with van der Waals surface area (Å²) in [6.45, 7) is 3.65. The SMILES string of the molecule is Cc1ccc(Nc2c(NS(=O)CCC(CO)CO)c3n(c(=O)c2C)CCO3)c(F)c1. The summed E-state index contributed by atoms with van der Waals surface area (Å²) in [5.74, 6) is -0.425. The topological polar surface area (TPSA) is 113 Å². The number of halogens is 1. The Bertz CT molecular complexity index is 1010. The predicted molar refractivity (Wildman–Crippen MR) is 114 cm³/mol. The van der Waals surface area contributed by atoms with Gasteiger partial charge in [0, 0.05) is 30.4 Å². The number of rotatable bonds is 9. The van der Waals surface area contributed by atoms with E-state index in [2.05, 4.69) is 10.0 Å². The van der Waals surface area contributed by atoms with Crippen LogP contribution >= 0.6 is 0 Å². The number of benzene rings is 1. The van der Waals surface area contributed by atoms with Gasteiger partial charge in [-0.05, 0) is 38.0 Å². The van der Waals surface area contributed by atoms with Crippen molar-refractivity contribution in [3.63, 3.8) is 0 Å². The van der Waals surface area contributed by atoms with Gasteiger partial charge in [0.2, 0.25) is 5.88 Å². The fourth-order valence-electron chi connectivity index (χ4n) is 3.20. The van der Waals surface area contributed by atoms with Crippen LogP contribution in [0.2, 0.25) is 0 Å². The monoisotopic (exact) mass is 439 g/mol. The molecule has 8 nitrogen and oxygen atoms in total. The first-order valence-corrected chi connectivity index (χ1v) is 11.0. The van der Waals surface area contributed by atoms with Crippen LogP contribution in [0, 0.1) is 25.6 Å². The highest BCUT2D eigenvalue weighted by molar-refractivity contribution is 7.86. The summed E-state index contributed by atoms with van der Waals surface area (Å²) in [6, 6.07) is 4.69. The van der Waals surface area contributed by atoms with Gasteiger partial charge in [-0.15, -0.1) is 0 Å². The van der Waals surface area contributed by atoms with Crippen molar-refractivity contribution in [1.82, 2.24) is 4.57 Å². The molecule has 30 heavy (non-hydrogen) atoms. The normalized spacial score (nSPS) is 13.8. The molecule has 0 fully saturated rings. The Morgan fingerprint density at radius 1 is 1.27 bits per heavy atom. The lowest BCUT2D eigenvalue weighted by Gasteiger charge is -2.19. The molecule has 0 radical (unpaired) electrons. The van der Waals surface area contributed by atoms with Gasteiger partial charge >= 0.3 is 0 Å². The van der Waals surface area contributed by atoms with Gasteiger partial charge in [0.05, 0.1) is 17.9 Å². The standard InChI is InChI=1S/C20H26FN3O5S/c1-12-3-4-16(15(21)9-12)22-17-13(2)19(27)24-6-7-29-20(24)18(17)23-30(28)8-5-14(10-25)11-26/h3-4,9,14,22-23,25-26H,5-8,10-11H2,1-2H3. The van der Waals surface area contributed by atoms with Gasteiger partial charge in [0.25, 0.3) is 5.56 Å². The number of fused-ring (bicyclic) bond motifs is 1. The lowest BCUT2D eigenvalue weighted by atomic mass is 10.1. The first kappa shape index (κ1) is 22.3. The quantitative estimate of drug-likeness (QED) is 0.474. The van der Waals surface area contributed by atoms with Gasteiger partial charge < -0.3 is 20.3 Å². The third kappa shape index (κ3) is 4.66. The number of hydrogen-bond donors (Lipinski definition) is 4. The van der Waals surface area contributed by atoms with Gasteiger partial charge in [-0.1, -0.05) is 6.07 Å². The Hall–Kier alpha value is -2.43. The van der Waals surface area contributed by atoms with E-state index in [1.54, 1.807) is 26.0 Å². The number of aromatic nitrogens is 1. The van der Waals surface area contributed by atoms with E-state index in [4.69, 9.17) is 4.74 Å². The van der Waals surface area contributed by atoms with Gasteiger partial charge in [-0.25, -0.2) is 8.60 Å². The molecule has 1 aromatic heterocycles. The van der Waals surface area contributed by atoms with Crippen molar-refractivity contribution in [2.75, 3.05) is 35.6 Å². The minimum Gasteiger partial charge on any atom is -0.475 e. The number of aryl methyl sites for hydroxylation is 1. The number of ether oxygens (including phenoxy) is 1. The van der Waals surface area contributed by atoms with Crippen LogP contribution in [0.25, 0.3) is 0 Å². The van der Waals surface area contributed by atoms with Gasteiger partial charge in [0.15, 0.2) is 0 Å². The van der Waals surface area contributed by atoms with Crippen LogP contribution in [-0.4, -0.2) is 44.6 Å².